The van der Waals surface area contributed by atoms with Crippen LogP contribution in [0, 0.1) is 0 Å². The first-order chi connectivity index (χ1) is 28.8. The molecule has 1 atom stereocenters. The number of fused-ring (bicyclic) bond motifs is 4. The Labute approximate surface area is 348 Å². The van der Waals surface area contributed by atoms with Gasteiger partial charge in [0.05, 0.1) is 42.3 Å². The number of phenols is 1. The third-order valence-corrected chi connectivity index (χ3v) is 12.9. The standard InChI is InChI=1S/C47H47ClN6O5/c1-49-18-23-59-45-26-34(12-15-43(45)49)54(32-10-13-36(55)14-11-32)47(57)39-27-44(52-17-3-2-9-42(39)52)38-24-33-7-5-16-51(33)30-40(38)46(56)53-28-31-6-4-8-41(48)37(31)25-35(53)29-50-19-21-58-22-20-50/h4-8,10-16,24,26-27,30,35,55H,2-3,9,17-23,25,28-29H2,1H3/t35-/m0/s1. The molecule has 1 fully saturated rings. The summed E-state index contributed by atoms with van der Waals surface area (Å²) in [5.74, 6) is 0.586. The lowest BCUT2D eigenvalue weighted by atomic mass is 9.92. The van der Waals surface area contributed by atoms with Gasteiger partial charge in [0, 0.05) is 97.5 Å². The number of hydrogen-bond acceptors (Lipinski definition) is 7. The number of nitrogens with zero attached hydrogens (tertiary/aromatic N) is 6. The fourth-order valence-electron chi connectivity index (χ4n) is 9.42. The predicted molar refractivity (Wildman–Crippen MR) is 230 cm³/mol. The summed E-state index contributed by atoms with van der Waals surface area (Å²) < 4.78 is 16.0. The molecule has 3 aromatic carbocycles. The van der Waals surface area contributed by atoms with Crippen molar-refractivity contribution in [1.82, 2.24) is 18.8 Å². The third-order valence-electron chi connectivity index (χ3n) is 12.5. The largest absolute Gasteiger partial charge is 0.508 e. The molecule has 0 radical (unpaired) electrons. The summed E-state index contributed by atoms with van der Waals surface area (Å²) in [7, 11) is 2.04. The van der Waals surface area contributed by atoms with E-state index in [9.17, 15) is 5.11 Å². The molecule has 3 aromatic heterocycles. The van der Waals surface area contributed by atoms with Gasteiger partial charge in [-0.3, -0.25) is 19.4 Å². The molecule has 0 unspecified atom stereocenters. The topological polar surface area (TPSA) is 95.1 Å². The second-order valence-corrected chi connectivity index (χ2v) is 16.5. The van der Waals surface area contributed by atoms with Crippen molar-refractivity contribution in [3.63, 3.8) is 0 Å². The van der Waals surface area contributed by atoms with Crippen LogP contribution in [0.5, 0.6) is 11.5 Å². The molecule has 1 N–H and O–H groups in total. The highest BCUT2D eigenvalue weighted by Crippen LogP contribution is 2.41. The molecule has 0 bridgehead atoms. The lowest BCUT2D eigenvalue weighted by Gasteiger charge is -2.41. The minimum Gasteiger partial charge on any atom is -0.508 e. The van der Waals surface area contributed by atoms with Gasteiger partial charge in [-0.05, 0) is 104 Å². The Hall–Kier alpha value is -5.75. The predicted octanol–water partition coefficient (Wildman–Crippen LogP) is 7.81. The van der Waals surface area contributed by atoms with Crippen LogP contribution in [0.4, 0.5) is 17.1 Å². The van der Waals surface area contributed by atoms with E-state index in [1.54, 1.807) is 29.2 Å². The van der Waals surface area contributed by atoms with Crippen molar-refractivity contribution in [3.8, 4) is 22.8 Å². The summed E-state index contributed by atoms with van der Waals surface area (Å²) >= 11 is 6.80. The molecule has 0 aliphatic carbocycles. The number of hydrogen-bond donors (Lipinski definition) is 1. The zero-order valence-corrected chi connectivity index (χ0v) is 33.9. The average molecular weight is 811 g/mol. The molecule has 1 saturated heterocycles. The van der Waals surface area contributed by atoms with Crippen LogP contribution in [0.25, 0.3) is 16.8 Å². The van der Waals surface area contributed by atoms with Gasteiger partial charge in [0.25, 0.3) is 11.8 Å². The van der Waals surface area contributed by atoms with E-state index in [4.69, 9.17) is 21.1 Å². The number of benzene rings is 3. The van der Waals surface area contributed by atoms with Gasteiger partial charge in [0.2, 0.25) is 0 Å². The quantitative estimate of drug-likeness (QED) is 0.176. The fourth-order valence-corrected chi connectivity index (χ4v) is 9.69. The van der Waals surface area contributed by atoms with E-state index >= 15 is 9.59 Å². The number of aromatic nitrogens is 2. The monoisotopic (exact) mass is 810 g/mol. The Bertz CT molecular complexity index is 2580. The van der Waals surface area contributed by atoms with Gasteiger partial charge in [-0.2, -0.15) is 0 Å². The first-order valence-electron chi connectivity index (χ1n) is 20.6. The third kappa shape index (κ3) is 6.90. The molecule has 7 heterocycles. The van der Waals surface area contributed by atoms with Gasteiger partial charge in [0.15, 0.2) is 0 Å². The average Bonchev–Trinajstić information content (AvgIpc) is 3.89. The van der Waals surface area contributed by atoms with Crippen molar-refractivity contribution in [2.24, 2.45) is 0 Å². The van der Waals surface area contributed by atoms with Crippen LogP contribution in [0.1, 0.15) is 50.4 Å². The molecular weight excluding hydrogens is 764 g/mol. The lowest BCUT2D eigenvalue weighted by molar-refractivity contribution is 0.0193. The molecule has 6 aromatic rings. The van der Waals surface area contributed by atoms with Gasteiger partial charge in [-0.1, -0.05) is 23.7 Å². The number of anilines is 3. The van der Waals surface area contributed by atoms with Crippen molar-refractivity contribution in [1.29, 1.82) is 0 Å². The minimum absolute atomic E-state index is 0.0523. The summed E-state index contributed by atoms with van der Waals surface area (Å²) in [4.78, 5) is 39.0. The number of aromatic hydroxyl groups is 1. The summed E-state index contributed by atoms with van der Waals surface area (Å²) in [6.07, 6.45) is 7.24. The van der Waals surface area contributed by atoms with E-state index in [1.165, 1.54) is 0 Å². The lowest BCUT2D eigenvalue weighted by Crippen LogP contribution is -2.52. The van der Waals surface area contributed by atoms with E-state index < -0.39 is 0 Å². The van der Waals surface area contributed by atoms with E-state index in [2.05, 4.69) is 26.5 Å². The normalized spacial score (nSPS) is 17.9. The molecule has 4 aliphatic rings. The molecule has 4 aliphatic heterocycles. The molecule has 2 amide bonds. The van der Waals surface area contributed by atoms with Crippen molar-refractivity contribution in [2.75, 3.05) is 62.8 Å². The van der Waals surface area contributed by atoms with Crippen LogP contribution in [0.3, 0.4) is 0 Å². The highest BCUT2D eigenvalue weighted by atomic mass is 35.5. The van der Waals surface area contributed by atoms with Gasteiger partial charge in [-0.25, -0.2) is 0 Å². The molecule has 12 heteroatoms. The van der Waals surface area contributed by atoms with Gasteiger partial charge in [0.1, 0.15) is 18.1 Å². The molecule has 0 spiro atoms. The van der Waals surface area contributed by atoms with Crippen molar-refractivity contribution < 1.29 is 24.2 Å². The number of ether oxygens (including phenoxy) is 2. The Morgan fingerprint density at radius 2 is 1.71 bits per heavy atom. The molecule has 11 nitrogen and oxygen atoms in total. The van der Waals surface area contributed by atoms with Crippen LogP contribution in [0.15, 0.2) is 97.3 Å². The zero-order chi connectivity index (χ0) is 40.2. The Morgan fingerprint density at radius 1 is 0.881 bits per heavy atom. The Morgan fingerprint density at radius 3 is 2.56 bits per heavy atom. The number of morpholine rings is 1. The van der Waals surface area contributed by atoms with E-state index in [0.29, 0.717) is 61.0 Å². The van der Waals surface area contributed by atoms with Crippen LogP contribution >= 0.6 is 11.6 Å². The SMILES string of the molecule is CN1CCOc2cc(N(C(=O)c3cc(-c4cc5cccn5cc4C(=O)N4Cc5cccc(Cl)c5C[C@H]4CN4CCOCC4)n4c3CCCC4)c3ccc(O)cc3)ccc21. The number of likely N-dealkylation sites (N-methyl/N-ethyl adjacent to an activating group) is 1. The van der Waals surface area contributed by atoms with E-state index in [0.717, 1.165) is 96.3 Å². The summed E-state index contributed by atoms with van der Waals surface area (Å²) in [6.45, 7) is 6.21. The first kappa shape index (κ1) is 37.5. The number of pyridine rings is 1. The number of carbonyl (C=O) groups is 2. The second-order valence-electron chi connectivity index (χ2n) is 16.1. The van der Waals surface area contributed by atoms with Crippen molar-refractivity contribution in [2.45, 2.75) is 44.8 Å². The highest BCUT2D eigenvalue weighted by molar-refractivity contribution is 6.31. The van der Waals surface area contributed by atoms with Gasteiger partial charge < -0.3 is 33.3 Å². The number of phenolic OH excluding ortho intramolecular Hbond substituents is 1. The number of halogens is 1. The van der Waals surface area contributed by atoms with Crippen LogP contribution in [-0.2, 0) is 30.7 Å². The maximum absolute atomic E-state index is 15.4. The van der Waals surface area contributed by atoms with Crippen molar-refractivity contribution >= 4 is 46.0 Å². The van der Waals surface area contributed by atoms with Gasteiger partial charge in [-0.15, -0.1) is 0 Å². The summed E-state index contributed by atoms with van der Waals surface area (Å²) in [5.41, 5.74) is 9.15. The fraction of sp³-hybridized carbons (Fsp3) is 0.319. The van der Waals surface area contributed by atoms with Gasteiger partial charge >= 0.3 is 0 Å². The van der Waals surface area contributed by atoms with Crippen LogP contribution < -0.4 is 14.5 Å². The van der Waals surface area contributed by atoms with E-state index in [1.807, 2.05) is 77.3 Å². The van der Waals surface area contributed by atoms with Crippen LogP contribution in [-0.4, -0.2) is 94.8 Å². The highest BCUT2D eigenvalue weighted by Gasteiger charge is 2.36. The number of amides is 2. The summed E-state index contributed by atoms with van der Waals surface area (Å²) in [5, 5.41) is 11.0. The number of rotatable bonds is 7. The summed E-state index contributed by atoms with van der Waals surface area (Å²) in [6, 6.07) is 26.6. The molecule has 59 heavy (non-hydrogen) atoms. The molecule has 302 valence electrons. The minimum atomic E-state index is -0.191. The van der Waals surface area contributed by atoms with Crippen molar-refractivity contribution in [3.05, 3.63) is 130 Å². The second kappa shape index (κ2) is 15.4. The Kier molecular flexibility index (Phi) is 9.82. The Balaban J connectivity index is 1.09. The van der Waals surface area contributed by atoms with Crippen LogP contribution in [0.2, 0.25) is 5.02 Å². The van der Waals surface area contributed by atoms with E-state index in [-0.39, 0.29) is 23.6 Å². The smallest absolute Gasteiger partial charge is 0.264 e. The maximum Gasteiger partial charge on any atom is 0.264 e. The maximum atomic E-state index is 15.4. The molecule has 10 rings (SSSR count). The molecule has 0 saturated carbocycles. The number of carbonyl (C=O) groups excluding carboxylic acids is 2. The zero-order valence-electron chi connectivity index (χ0n) is 33.1. The first-order valence-corrected chi connectivity index (χ1v) is 21.0. The molecular formula is C47H47ClN6O5.